The predicted molar refractivity (Wildman–Crippen MR) is 56.2 cm³/mol. The molecule has 0 atom stereocenters. The number of anilines is 1. The van der Waals surface area contributed by atoms with Crippen LogP contribution in [0.15, 0.2) is 6.07 Å². The minimum atomic E-state index is -0.784. The van der Waals surface area contributed by atoms with E-state index in [-0.39, 0.29) is 34.7 Å². The lowest BCUT2D eigenvalue weighted by atomic mass is 10.3. The van der Waals surface area contributed by atoms with Gasteiger partial charge in [-0.15, -0.1) is 0 Å². The van der Waals surface area contributed by atoms with Crippen LogP contribution < -0.4 is 4.90 Å². The molecule has 84 valence electrons. The largest absolute Gasteiger partial charge is 0.302 e. The number of carbonyl (C=O) groups excluding carboxylic acids is 2. The number of aromatic nitrogens is 1. The fourth-order valence-electron chi connectivity index (χ4n) is 1.43. The third-order valence-corrected chi connectivity index (χ3v) is 2.69. The fraction of sp³-hybridized carbons (Fsp3) is 0.222. The molecule has 7 heteroatoms. The maximum Gasteiger partial charge on any atom is 0.235 e. The summed E-state index contributed by atoms with van der Waals surface area (Å²) in [5.41, 5.74) is 0.0689. The molecule has 2 rings (SSSR count). The van der Waals surface area contributed by atoms with Gasteiger partial charge in [0.2, 0.25) is 5.91 Å². The van der Waals surface area contributed by atoms with Crippen molar-refractivity contribution in [1.82, 2.24) is 4.98 Å². The first kappa shape index (κ1) is 11.3. The molecule has 1 aromatic heterocycles. The van der Waals surface area contributed by atoms with Crippen LogP contribution in [0, 0.1) is 5.82 Å². The monoisotopic (exact) mass is 262 g/mol. The van der Waals surface area contributed by atoms with Crippen molar-refractivity contribution in [3.63, 3.8) is 0 Å². The molecule has 0 spiro atoms. The van der Waals surface area contributed by atoms with E-state index in [0.717, 1.165) is 11.0 Å². The van der Waals surface area contributed by atoms with Gasteiger partial charge in [0.15, 0.2) is 21.9 Å². The van der Waals surface area contributed by atoms with Gasteiger partial charge in [-0.25, -0.2) is 9.37 Å². The van der Waals surface area contributed by atoms with Gasteiger partial charge in [0.05, 0.1) is 18.7 Å². The molecule has 1 amide bonds. The van der Waals surface area contributed by atoms with E-state index in [0.29, 0.717) is 0 Å². The van der Waals surface area contributed by atoms with E-state index in [1.807, 2.05) is 0 Å². The second kappa shape index (κ2) is 3.99. The average molecular weight is 263 g/mol. The Morgan fingerprint density at radius 3 is 2.56 bits per heavy atom. The van der Waals surface area contributed by atoms with Gasteiger partial charge in [-0.1, -0.05) is 23.2 Å². The molecule has 0 aromatic carbocycles. The van der Waals surface area contributed by atoms with E-state index >= 15 is 0 Å². The number of amides is 1. The van der Waals surface area contributed by atoms with Crippen LogP contribution in [0.3, 0.4) is 0 Å². The van der Waals surface area contributed by atoms with Gasteiger partial charge in [0.1, 0.15) is 0 Å². The zero-order valence-electron chi connectivity index (χ0n) is 7.84. The summed E-state index contributed by atoms with van der Waals surface area (Å²) in [5.74, 6) is -1.44. The Kier molecular flexibility index (Phi) is 2.82. The number of hydrogen-bond acceptors (Lipinski definition) is 3. The predicted octanol–water partition coefficient (Wildman–Crippen LogP) is 1.83. The number of Topliss-reactive ketones (excluding diaryl/α,β-unsaturated/α-hetero) is 1. The maximum atomic E-state index is 13.2. The van der Waals surface area contributed by atoms with Gasteiger partial charge < -0.3 is 4.90 Å². The van der Waals surface area contributed by atoms with E-state index in [1.54, 1.807) is 0 Å². The number of ketones is 1. The summed E-state index contributed by atoms with van der Waals surface area (Å²) < 4.78 is 13.2. The molecule has 4 nitrogen and oxygen atoms in total. The summed E-state index contributed by atoms with van der Waals surface area (Å²) in [5, 5.41) is -0.471. The Morgan fingerprint density at radius 2 is 2.00 bits per heavy atom. The van der Waals surface area contributed by atoms with Gasteiger partial charge in [0.25, 0.3) is 0 Å². The van der Waals surface area contributed by atoms with E-state index in [1.165, 1.54) is 0 Å². The van der Waals surface area contributed by atoms with Crippen LogP contribution in [0.5, 0.6) is 0 Å². The first-order valence-electron chi connectivity index (χ1n) is 4.32. The summed E-state index contributed by atoms with van der Waals surface area (Å²) in [6.45, 7) is -0.110. The van der Waals surface area contributed by atoms with Crippen molar-refractivity contribution >= 4 is 40.6 Å². The lowest BCUT2D eigenvalue weighted by Crippen LogP contribution is -2.25. The minimum absolute atomic E-state index is 0.0689. The van der Waals surface area contributed by atoms with Crippen LogP contribution in [0.25, 0.3) is 0 Å². The van der Waals surface area contributed by atoms with E-state index in [4.69, 9.17) is 23.2 Å². The normalized spacial score (nSPS) is 16.1. The van der Waals surface area contributed by atoms with E-state index < -0.39 is 11.7 Å². The highest BCUT2D eigenvalue weighted by atomic mass is 35.5. The Hall–Kier alpha value is -1.20. The Labute approximate surface area is 100.0 Å². The molecule has 0 saturated carbocycles. The second-order valence-electron chi connectivity index (χ2n) is 3.27. The second-order valence-corrected chi connectivity index (χ2v) is 3.98. The van der Waals surface area contributed by atoms with Crippen LogP contribution in [-0.2, 0) is 9.59 Å². The molecule has 16 heavy (non-hydrogen) atoms. The zero-order chi connectivity index (χ0) is 11.9. The number of carbonyl (C=O) groups is 2. The number of hydrogen-bond donors (Lipinski definition) is 0. The average Bonchev–Trinajstić information content (AvgIpc) is 2.51. The molecule has 0 bridgehead atoms. The van der Waals surface area contributed by atoms with Crippen LogP contribution in [-0.4, -0.2) is 23.2 Å². The molecule has 1 aliphatic heterocycles. The minimum Gasteiger partial charge on any atom is -0.302 e. The van der Waals surface area contributed by atoms with Crippen molar-refractivity contribution in [3.05, 3.63) is 22.2 Å². The van der Waals surface area contributed by atoms with E-state index in [2.05, 4.69) is 4.98 Å². The third-order valence-electron chi connectivity index (χ3n) is 2.14. The number of nitrogens with zero attached hydrogens (tertiary/aromatic N) is 2. The maximum absolute atomic E-state index is 13.2. The molecular weight excluding hydrogens is 258 g/mol. The van der Waals surface area contributed by atoms with Crippen molar-refractivity contribution in [2.75, 3.05) is 11.4 Å². The summed E-state index contributed by atoms with van der Waals surface area (Å²) in [6.07, 6.45) is -0.194. The highest BCUT2D eigenvalue weighted by Crippen LogP contribution is 2.30. The summed E-state index contributed by atoms with van der Waals surface area (Å²) in [6, 6.07) is 0.994. The Bertz CT molecular complexity index is 493. The SMILES string of the molecule is O=C1CC(=O)N(c2cc(F)c(Cl)nc2Cl)C1. The van der Waals surface area contributed by atoms with Gasteiger partial charge in [-0.2, -0.15) is 0 Å². The standard InChI is InChI=1S/C9H5Cl2FN2O2/c10-8-5(12)2-6(9(11)13-8)14-3-4(15)1-7(14)16/h2H,1,3H2. The van der Waals surface area contributed by atoms with Crippen LogP contribution in [0.4, 0.5) is 10.1 Å². The molecule has 2 heterocycles. The fourth-order valence-corrected chi connectivity index (χ4v) is 1.85. The highest BCUT2D eigenvalue weighted by molar-refractivity contribution is 6.35. The van der Waals surface area contributed by atoms with Crippen molar-refractivity contribution in [2.45, 2.75) is 6.42 Å². The quantitative estimate of drug-likeness (QED) is 0.573. The van der Waals surface area contributed by atoms with Crippen LogP contribution >= 0.6 is 23.2 Å². The van der Waals surface area contributed by atoms with Crippen molar-refractivity contribution in [2.24, 2.45) is 0 Å². The van der Waals surface area contributed by atoms with Gasteiger partial charge >= 0.3 is 0 Å². The molecule has 1 fully saturated rings. The van der Waals surface area contributed by atoms with Crippen molar-refractivity contribution < 1.29 is 14.0 Å². The highest BCUT2D eigenvalue weighted by Gasteiger charge is 2.30. The van der Waals surface area contributed by atoms with Crippen molar-refractivity contribution in [1.29, 1.82) is 0 Å². The van der Waals surface area contributed by atoms with Gasteiger partial charge in [-0.3, -0.25) is 9.59 Å². The first-order valence-corrected chi connectivity index (χ1v) is 5.08. The van der Waals surface area contributed by atoms with E-state index in [9.17, 15) is 14.0 Å². The number of rotatable bonds is 1. The van der Waals surface area contributed by atoms with Crippen LogP contribution in [0.1, 0.15) is 6.42 Å². The Morgan fingerprint density at radius 1 is 1.31 bits per heavy atom. The summed E-state index contributed by atoms with van der Waals surface area (Å²) >= 11 is 11.1. The zero-order valence-corrected chi connectivity index (χ0v) is 9.35. The smallest absolute Gasteiger partial charge is 0.235 e. The third kappa shape index (κ3) is 1.88. The lowest BCUT2D eigenvalue weighted by Gasteiger charge is -2.15. The van der Waals surface area contributed by atoms with Crippen LogP contribution in [0.2, 0.25) is 10.3 Å². The molecule has 0 radical (unpaired) electrons. The summed E-state index contributed by atoms with van der Waals surface area (Å²) in [4.78, 5) is 27.1. The lowest BCUT2D eigenvalue weighted by molar-refractivity contribution is -0.121. The number of halogens is 3. The molecule has 0 unspecified atom stereocenters. The molecular formula is C9H5Cl2FN2O2. The number of pyridine rings is 1. The van der Waals surface area contributed by atoms with Crippen molar-refractivity contribution in [3.8, 4) is 0 Å². The Balaban J connectivity index is 2.45. The van der Waals surface area contributed by atoms with Gasteiger partial charge in [0, 0.05) is 6.07 Å². The molecule has 1 saturated heterocycles. The first-order chi connectivity index (χ1) is 7.49. The summed E-state index contributed by atoms with van der Waals surface area (Å²) in [7, 11) is 0. The topological polar surface area (TPSA) is 50.3 Å². The molecule has 0 aliphatic carbocycles. The molecule has 1 aromatic rings. The molecule has 0 N–H and O–H groups in total. The molecule has 1 aliphatic rings. The van der Waals surface area contributed by atoms with Gasteiger partial charge in [-0.05, 0) is 0 Å².